The molecule has 0 radical (unpaired) electrons. The first-order chi connectivity index (χ1) is 13.8. The van der Waals surface area contributed by atoms with E-state index in [1.54, 1.807) is 17.7 Å². The van der Waals surface area contributed by atoms with Gasteiger partial charge in [-0.3, -0.25) is 4.79 Å². The van der Waals surface area contributed by atoms with Crippen LogP contribution in [0.25, 0.3) is 11.4 Å². The van der Waals surface area contributed by atoms with Crippen LogP contribution in [0.1, 0.15) is 36.7 Å². The van der Waals surface area contributed by atoms with Crippen LogP contribution in [0.2, 0.25) is 5.15 Å². The molecular formula is C20H23ClN2O6. The molecule has 0 saturated heterocycles. The average molecular weight is 423 g/mol. The van der Waals surface area contributed by atoms with Crippen molar-refractivity contribution in [2.75, 3.05) is 26.9 Å². The van der Waals surface area contributed by atoms with Gasteiger partial charge in [-0.25, -0.2) is 9.78 Å². The summed E-state index contributed by atoms with van der Waals surface area (Å²) in [5, 5.41) is 9.49. The second kappa shape index (κ2) is 8.84. The van der Waals surface area contributed by atoms with E-state index in [2.05, 4.69) is 4.98 Å². The Bertz CT molecular complexity index is 972. The van der Waals surface area contributed by atoms with E-state index in [1.807, 2.05) is 13.8 Å². The van der Waals surface area contributed by atoms with E-state index in [4.69, 9.17) is 25.8 Å². The van der Waals surface area contributed by atoms with Gasteiger partial charge in [0.1, 0.15) is 17.9 Å². The van der Waals surface area contributed by atoms with Crippen LogP contribution in [-0.2, 0) is 4.74 Å². The Labute approximate surface area is 173 Å². The first-order valence-electron chi connectivity index (χ1n) is 9.28. The number of aromatic nitrogens is 2. The number of halogens is 1. The van der Waals surface area contributed by atoms with Gasteiger partial charge >= 0.3 is 5.97 Å². The molecule has 0 aromatic carbocycles. The van der Waals surface area contributed by atoms with Crippen LogP contribution >= 0.6 is 11.6 Å². The molecule has 0 saturated carbocycles. The third-order valence-corrected chi connectivity index (χ3v) is 5.02. The number of hydrogen-bond acceptors (Lipinski definition) is 6. The minimum Gasteiger partial charge on any atom is -0.490 e. The fraction of sp³-hybridized carbons (Fsp3) is 0.450. The molecule has 8 nitrogen and oxygen atoms in total. The highest BCUT2D eigenvalue weighted by Gasteiger charge is 2.28. The molecule has 1 N–H and O–H groups in total. The molecule has 29 heavy (non-hydrogen) atoms. The van der Waals surface area contributed by atoms with Crippen molar-refractivity contribution in [2.24, 2.45) is 5.92 Å². The molecule has 0 fully saturated rings. The van der Waals surface area contributed by atoms with E-state index in [1.165, 1.54) is 12.3 Å². The van der Waals surface area contributed by atoms with Crippen molar-refractivity contribution in [2.45, 2.75) is 26.3 Å². The summed E-state index contributed by atoms with van der Waals surface area (Å²) in [6.07, 6.45) is 2.05. The summed E-state index contributed by atoms with van der Waals surface area (Å²) in [5.74, 6) is -0.354. The molecule has 0 amide bonds. The maximum Gasteiger partial charge on any atom is 0.341 e. The summed E-state index contributed by atoms with van der Waals surface area (Å²) in [4.78, 5) is 28.2. The van der Waals surface area contributed by atoms with E-state index in [9.17, 15) is 14.7 Å². The number of fused-ring (bicyclic) bond motifs is 3. The van der Waals surface area contributed by atoms with E-state index in [-0.39, 0.29) is 29.3 Å². The number of carboxylic acid groups (broad SMARTS) is 1. The Hall–Kier alpha value is -2.58. The number of rotatable bonds is 7. The molecule has 9 heteroatoms. The van der Waals surface area contributed by atoms with Crippen LogP contribution in [0.5, 0.6) is 11.5 Å². The Kier molecular flexibility index (Phi) is 6.44. The maximum absolute atomic E-state index is 12.4. The van der Waals surface area contributed by atoms with Gasteiger partial charge in [-0.15, -0.1) is 0 Å². The van der Waals surface area contributed by atoms with Crippen LogP contribution in [0.4, 0.5) is 0 Å². The number of aromatic carboxylic acids is 1. The van der Waals surface area contributed by atoms with Crippen LogP contribution in [-0.4, -0.2) is 47.6 Å². The van der Waals surface area contributed by atoms with E-state index in [0.717, 1.165) is 0 Å². The number of carboxylic acids is 1. The SMILES string of the molecule is COCCCOc1cc2c(nc1Cl)-c1cc(=O)c(C(=O)O)cn1[C@H](C(C)C)CO2. The highest BCUT2D eigenvalue weighted by Crippen LogP contribution is 2.39. The second-order valence-electron chi connectivity index (χ2n) is 7.09. The summed E-state index contributed by atoms with van der Waals surface area (Å²) in [6.45, 7) is 5.24. The largest absolute Gasteiger partial charge is 0.490 e. The topological polar surface area (TPSA) is 99.9 Å². The highest BCUT2D eigenvalue weighted by molar-refractivity contribution is 6.31. The molecule has 0 aliphatic carbocycles. The third-order valence-electron chi connectivity index (χ3n) is 4.75. The molecule has 156 valence electrons. The molecular weight excluding hydrogens is 400 g/mol. The van der Waals surface area contributed by atoms with Crippen molar-refractivity contribution < 1.29 is 24.1 Å². The zero-order valence-corrected chi connectivity index (χ0v) is 17.2. The maximum atomic E-state index is 12.4. The monoisotopic (exact) mass is 422 g/mol. The number of ether oxygens (including phenoxy) is 3. The van der Waals surface area contributed by atoms with E-state index >= 15 is 0 Å². The minimum absolute atomic E-state index is 0.118. The quantitative estimate of drug-likeness (QED) is 0.539. The lowest BCUT2D eigenvalue weighted by atomic mass is 10.0. The standard InChI is InChI=1S/C20H23ClN2O6/c1-11(2)14-10-29-16-8-17(28-6-4-5-27-3)19(21)22-18(16)13-7-15(24)12(20(25)26)9-23(13)14/h7-9,11,14H,4-6,10H2,1-3H3,(H,25,26)/t14-/m0/s1. The molecule has 2 aromatic rings. The van der Waals surface area contributed by atoms with Crippen LogP contribution in [0, 0.1) is 5.92 Å². The summed E-state index contributed by atoms with van der Waals surface area (Å²) >= 11 is 6.31. The summed E-state index contributed by atoms with van der Waals surface area (Å²) in [6, 6.07) is 2.73. The van der Waals surface area contributed by atoms with Gasteiger partial charge in [0.15, 0.2) is 22.1 Å². The molecule has 0 spiro atoms. The Balaban J connectivity index is 2.09. The van der Waals surface area contributed by atoms with Crippen molar-refractivity contribution in [1.29, 1.82) is 0 Å². The van der Waals surface area contributed by atoms with E-state index in [0.29, 0.717) is 42.5 Å². The Morgan fingerprint density at radius 2 is 2.17 bits per heavy atom. The molecule has 2 aromatic heterocycles. The summed E-state index contributed by atoms with van der Waals surface area (Å²) in [7, 11) is 1.62. The normalized spacial score (nSPS) is 15.3. The number of nitrogens with zero attached hydrogens (tertiary/aromatic N) is 2. The molecule has 1 atom stereocenters. The van der Waals surface area contributed by atoms with E-state index < -0.39 is 11.4 Å². The molecule has 1 aliphatic rings. The zero-order valence-electron chi connectivity index (χ0n) is 16.5. The average Bonchev–Trinajstić information content (AvgIpc) is 2.81. The smallest absolute Gasteiger partial charge is 0.341 e. The number of methoxy groups -OCH3 is 1. The van der Waals surface area contributed by atoms with Crippen molar-refractivity contribution in [3.05, 3.63) is 39.3 Å². The Morgan fingerprint density at radius 1 is 1.41 bits per heavy atom. The van der Waals surface area contributed by atoms with Gasteiger partial charge in [-0.05, 0) is 5.92 Å². The van der Waals surface area contributed by atoms with Crippen molar-refractivity contribution >= 4 is 17.6 Å². The predicted molar refractivity (Wildman–Crippen MR) is 107 cm³/mol. The molecule has 3 heterocycles. The fourth-order valence-electron chi connectivity index (χ4n) is 3.18. The lowest BCUT2D eigenvalue weighted by Crippen LogP contribution is -2.25. The van der Waals surface area contributed by atoms with Crippen molar-refractivity contribution in [1.82, 2.24) is 9.55 Å². The highest BCUT2D eigenvalue weighted by atomic mass is 35.5. The van der Waals surface area contributed by atoms with Gasteiger partial charge < -0.3 is 23.9 Å². The van der Waals surface area contributed by atoms with Crippen LogP contribution in [0.3, 0.4) is 0 Å². The second-order valence-corrected chi connectivity index (χ2v) is 7.45. The lowest BCUT2D eigenvalue weighted by Gasteiger charge is -2.24. The molecule has 1 aliphatic heterocycles. The Morgan fingerprint density at radius 3 is 2.83 bits per heavy atom. The fourth-order valence-corrected chi connectivity index (χ4v) is 3.37. The third kappa shape index (κ3) is 4.38. The van der Waals surface area contributed by atoms with Gasteiger partial charge in [-0.1, -0.05) is 25.4 Å². The summed E-state index contributed by atoms with van der Waals surface area (Å²) < 4.78 is 18.4. The van der Waals surface area contributed by atoms with Gasteiger partial charge in [0.2, 0.25) is 0 Å². The zero-order chi connectivity index (χ0) is 21.1. The van der Waals surface area contributed by atoms with Gasteiger partial charge in [0.25, 0.3) is 0 Å². The van der Waals surface area contributed by atoms with Crippen LogP contribution < -0.4 is 14.9 Å². The first-order valence-corrected chi connectivity index (χ1v) is 9.66. The number of hydrogen-bond donors (Lipinski definition) is 1. The van der Waals surface area contributed by atoms with Crippen LogP contribution in [0.15, 0.2) is 23.1 Å². The van der Waals surface area contributed by atoms with Crippen molar-refractivity contribution in [3.63, 3.8) is 0 Å². The summed E-state index contributed by atoms with van der Waals surface area (Å²) in [5.41, 5.74) is -0.0700. The number of pyridine rings is 2. The molecule has 3 rings (SSSR count). The van der Waals surface area contributed by atoms with Gasteiger partial charge in [-0.2, -0.15) is 0 Å². The first kappa shape index (κ1) is 21.1. The van der Waals surface area contributed by atoms with Gasteiger partial charge in [0.05, 0.1) is 18.3 Å². The predicted octanol–water partition coefficient (Wildman–Crippen LogP) is 3.27. The number of carbonyl (C=O) groups is 1. The van der Waals surface area contributed by atoms with Gasteiger partial charge in [0, 0.05) is 38.5 Å². The lowest BCUT2D eigenvalue weighted by molar-refractivity contribution is 0.0694. The molecule has 0 bridgehead atoms. The molecule has 0 unspecified atom stereocenters. The van der Waals surface area contributed by atoms with Crippen molar-refractivity contribution in [3.8, 4) is 22.9 Å². The minimum atomic E-state index is -1.27.